The summed E-state index contributed by atoms with van der Waals surface area (Å²) in [5.41, 5.74) is 2.20. The van der Waals surface area contributed by atoms with Gasteiger partial charge in [0.25, 0.3) is 5.91 Å². The zero-order valence-corrected chi connectivity index (χ0v) is 8.10. The molecule has 1 amide bonds. The molecule has 0 aromatic heterocycles. The average Bonchev–Trinajstić information content (AvgIpc) is 2.16. The molecule has 1 aromatic carbocycles. The van der Waals surface area contributed by atoms with E-state index in [4.69, 9.17) is 0 Å². The summed E-state index contributed by atoms with van der Waals surface area (Å²) >= 11 is 1.52. The third-order valence-corrected chi connectivity index (χ3v) is 2.71. The van der Waals surface area contributed by atoms with Gasteiger partial charge in [-0.3, -0.25) is 4.79 Å². The summed E-state index contributed by atoms with van der Waals surface area (Å²) in [6.07, 6.45) is 2.38. The van der Waals surface area contributed by atoms with Crippen LogP contribution in [0.5, 0.6) is 0 Å². The highest BCUT2D eigenvalue weighted by atomic mass is 32.2. The molecule has 1 aliphatic heterocycles. The standard InChI is InChI=1S/C10H9NOS/c1-13-10-8-5-3-2-4-7(8)6-9(12)11-10/h2-5H,6H2,1H3. The summed E-state index contributed by atoms with van der Waals surface area (Å²) in [6.45, 7) is 0. The van der Waals surface area contributed by atoms with E-state index in [2.05, 4.69) is 4.99 Å². The first-order valence-corrected chi connectivity index (χ1v) is 5.27. The predicted molar refractivity (Wildman–Crippen MR) is 55.2 cm³/mol. The summed E-state index contributed by atoms with van der Waals surface area (Å²) in [7, 11) is 0. The second kappa shape index (κ2) is 3.34. The fourth-order valence-corrected chi connectivity index (χ4v) is 2.03. The first kappa shape index (κ1) is 8.51. The molecular weight excluding hydrogens is 182 g/mol. The summed E-state index contributed by atoms with van der Waals surface area (Å²) in [5.74, 6) is -0.0388. The molecule has 0 saturated carbocycles. The quantitative estimate of drug-likeness (QED) is 0.626. The van der Waals surface area contributed by atoms with Crippen molar-refractivity contribution in [1.82, 2.24) is 0 Å². The Morgan fingerprint density at radius 2 is 2.15 bits per heavy atom. The topological polar surface area (TPSA) is 29.4 Å². The van der Waals surface area contributed by atoms with E-state index in [1.54, 1.807) is 0 Å². The van der Waals surface area contributed by atoms with Crippen molar-refractivity contribution in [3.8, 4) is 0 Å². The lowest BCUT2D eigenvalue weighted by Crippen LogP contribution is -2.13. The Balaban J connectivity index is 2.55. The van der Waals surface area contributed by atoms with Crippen molar-refractivity contribution in [2.45, 2.75) is 6.42 Å². The fraction of sp³-hybridized carbons (Fsp3) is 0.200. The minimum atomic E-state index is -0.0388. The van der Waals surface area contributed by atoms with E-state index in [0.29, 0.717) is 6.42 Å². The normalized spacial score (nSPS) is 15.2. The van der Waals surface area contributed by atoms with Crippen molar-refractivity contribution < 1.29 is 4.79 Å². The molecule has 0 aliphatic carbocycles. The molecule has 0 spiro atoms. The number of rotatable bonds is 0. The van der Waals surface area contributed by atoms with E-state index < -0.39 is 0 Å². The Hall–Kier alpha value is -1.09. The maximum atomic E-state index is 11.2. The van der Waals surface area contributed by atoms with Crippen molar-refractivity contribution in [3.05, 3.63) is 35.4 Å². The fourth-order valence-electron chi connectivity index (χ4n) is 1.41. The molecule has 3 heteroatoms. The molecular formula is C10H9NOS. The van der Waals surface area contributed by atoms with Gasteiger partial charge in [-0.25, -0.2) is 4.99 Å². The SMILES string of the molecule is CSC1=NC(=O)Cc2ccccc21. The van der Waals surface area contributed by atoms with Gasteiger partial charge in [-0.2, -0.15) is 0 Å². The van der Waals surface area contributed by atoms with Gasteiger partial charge < -0.3 is 0 Å². The van der Waals surface area contributed by atoms with E-state index in [1.807, 2.05) is 30.5 Å². The smallest absolute Gasteiger partial charge is 0.251 e. The highest BCUT2D eigenvalue weighted by Gasteiger charge is 2.17. The summed E-state index contributed by atoms with van der Waals surface area (Å²) < 4.78 is 0. The molecule has 0 saturated heterocycles. The summed E-state index contributed by atoms with van der Waals surface area (Å²) in [5, 5.41) is 0.840. The largest absolute Gasteiger partial charge is 0.272 e. The molecule has 66 valence electrons. The van der Waals surface area contributed by atoms with Crippen LogP contribution >= 0.6 is 11.8 Å². The molecule has 0 fully saturated rings. The van der Waals surface area contributed by atoms with Crippen LogP contribution in [0.25, 0.3) is 0 Å². The molecule has 2 nitrogen and oxygen atoms in total. The second-order valence-electron chi connectivity index (χ2n) is 2.85. The first-order valence-electron chi connectivity index (χ1n) is 4.05. The second-order valence-corrected chi connectivity index (χ2v) is 3.64. The van der Waals surface area contributed by atoms with Gasteiger partial charge in [0, 0.05) is 5.56 Å². The van der Waals surface area contributed by atoms with E-state index >= 15 is 0 Å². The average molecular weight is 191 g/mol. The number of benzene rings is 1. The van der Waals surface area contributed by atoms with Crippen LogP contribution in [0, 0.1) is 0 Å². The number of amides is 1. The van der Waals surface area contributed by atoms with Crippen molar-refractivity contribution in [3.63, 3.8) is 0 Å². The number of nitrogens with zero attached hydrogens (tertiary/aromatic N) is 1. The van der Waals surface area contributed by atoms with Crippen LogP contribution in [0.15, 0.2) is 29.3 Å². The monoisotopic (exact) mass is 191 g/mol. The van der Waals surface area contributed by atoms with E-state index in [-0.39, 0.29) is 5.91 Å². The molecule has 0 atom stereocenters. The number of hydrogen-bond donors (Lipinski definition) is 0. The van der Waals surface area contributed by atoms with Gasteiger partial charge in [0.2, 0.25) is 0 Å². The minimum absolute atomic E-state index is 0.0388. The Bertz CT molecular complexity index is 384. The van der Waals surface area contributed by atoms with Crippen LogP contribution in [0.2, 0.25) is 0 Å². The van der Waals surface area contributed by atoms with E-state index in [9.17, 15) is 4.79 Å². The number of carbonyl (C=O) groups is 1. The van der Waals surface area contributed by atoms with E-state index in [1.165, 1.54) is 11.8 Å². The van der Waals surface area contributed by atoms with Gasteiger partial charge in [0.05, 0.1) is 6.42 Å². The Morgan fingerprint density at radius 1 is 1.38 bits per heavy atom. The maximum Gasteiger partial charge on any atom is 0.251 e. The van der Waals surface area contributed by atoms with E-state index in [0.717, 1.165) is 16.2 Å². The molecule has 0 N–H and O–H groups in total. The number of fused-ring (bicyclic) bond motifs is 1. The van der Waals surface area contributed by atoms with Gasteiger partial charge in [-0.05, 0) is 11.8 Å². The van der Waals surface area contributed by atoms with Crippen molar-refractivity contribution in [1.29, 1.82) is 0 Å². The number of carbonyl (C=O) groups excluding carboxylic acids is 1. The Morgan fingerprint density at radius 3 is 2.92 bits per heavy atom. The number of thioether (sulfide) groups is 1. The Kier molecular flexibility index (Phi) is 2.19. The molecule has 0 unspecified atom stereocenters. The third-order valence-electron chi connectivity index (χ3n) is 2.01. The summed E-state index contributed by atoms with van der Waals surface area (Å²) in [6, 6.07) is 7.92. The van der Waals surface area contributed by atoms with Crippen LogP contribution in [0.1, 0.15) is 11.1 Å². The van der Waals surface area contributed by atoms with Crippen LogP contribution in [-0.4, -0.2) is 17.2 Å². The first-order chi connectivity index (χ1) is 6.31. The van der Waals surface area contributed by atoms with Gasteiger partial charge in [-0.1, -0.05) is 24.3 Å². The van der Waals surface area contributed by atoms with Gasteiger partial charge in [0.1, 0.15) is 5.04 Å². The van der Waals surface area contributed by atoms with Crippen LogP contribution in [-0.2, 0) is 11.2 Å². The molecule has 13 heavy (non-hydrogen) atoms. The highest BCUT2D eigenvalue weighted by molar-refractivity contribution is 8.13. The van der Waals surface area contributed by atoms with Gasteiger partial charge in [-0.15, -0.1) is 11.8 Å². The zero-order chi connectivity index (χ0) is 9.26. The van der Waals surface area contributed by atoms with Crippen molar-refractivity contribution >= 4 is 22.7 Å². The third kappa shape index (κ3) is 1.52. The maximum absolute atomic E-state index is 11.2. The molecule has 0 bridgehead atoms. The van der Waals surface area contributed by atoms with Gasteiger partial charge in [0.15, 0.2) is 0 Å². The lowest BCUT2D eigenvalue weighted by Gasteiger charge is -2.13. The molecule has 1 heterocycles. The van der Waals surface area contributed by atoms with Crippen LogP contribution < -0.4 is 0 Å². The summed E-state index contributed by atoms with van der Waals surface area (Å²) in [4.78, 5) is 15.2. The van der Waals surface area contributed by atoms with Crippen LogP contribution in [0.3, 0.4) is 0 Å². The molecule has 0 radical (unpaired) electrons. The molecule has 1 aliphatic rings. The highest BCUT2D eigenvalue weighted by Crippen LogP contribution is 2.21. The predicted octanol–water partition coefficient (Wildman–Crippen LogP) is 1.88. The minimum Gasteiger partial charge on any atom is -0.272 e. The van der Waals surface area contributed by atoms with Crippen LogP contribution in [0.4, 0.5) is 0 Å². The number of aliphatic imine (C=N–C) groups is 1. The van der Waals surface area contributed by atoms with Crippen molar-refractivity contribution in [2.75, 3.05) is 6.26 Å². The van der Waals surface area contributed by atoms with Gasteiger partial charge >= 0.3 is 0 Å². The lowest BCUT2D eigenvalue weighted by atomic mass is 10.0. The zero-order valence-electron chi connectivity index (χ0n) is 7.28. The lowest BCUT2D eigenvalue weighted by molar-refractivity contribution is -0.117. The molecule has 1 aromatic rings. The number of hydrogen-bond acceptors (Lipinski definition) is 2. The Labute approximate surface area is 81.1 Å². The molecule has 2 rings (SSSR count). The van der Waals surface area contributed by atoms with Crippen molar-refractivity contribution in [2.24, 2.45) is 4.99 Å².